The molecule has 6 nitrogen and oxygen atoms in total. The molecule has 1 aromatic heterocycles. The van der Waals surface area contributed by atoms with Crippen molar-refractivity contribution in [3.05, 3.63) is 77.5 Å². The van der Waals surface area contributed by atoms with E-state index in [1.807, 2.05) is 43.5 Å². The number of carbonyl (C=O) groups excluding carboxylic acids is 1. The van der Waals surface area contributed by atoms with Gasteiger partial charge in [0, 0.05) is 24.2 Å². The van der Waals surface area contributed by atoms with Crippen molar-refractivity contribution in [1.82, 2.24) is 14.8 Å². The molecule has 0 spiro atoms. The lowest BCUT2D eigenvalue weighted by Crippen LogP contribution is -2.38. The number of rotatable bonds is 6. The first-order valence-electron chi connectivity index (χ1n) is 10.9. The molecule has 2 heterocycles. The summed E-state index contributed by atoms with van der Waals surface area (Å²) in [4.78, 5) is 21.4. The van der Waals surface area contributed by atoms with Gasteiger partial charge in [-0.2, -0.15) is 0 Å². The van der Waals surface area contributed by atoms with Crippen molar-refractivity contribution in [2.24, 2.45) is 0 Å². The van der Waals surface area contributed by atoms with E-state index in [0.29, 0.717) is 32.2 Å². The number of aromatic nitrogens is 2. The van der Waals surface area contributed by atoms with E-state index in [0.717, 1.165) is 29.7 Å². The van der Waals surface area contributed by atoms with Gasteiger partial charge in [-0.15, -0.1) is 9.94 Å². The molecule has 0 unspecified atom stereocenters. The van der Waals surface area contributed by atoms with E-state index in [-0.39, 0.29) is 6.09 Å². The van der Waals surface area contributed by atoms with E-state index in [9.17, 15) is 4.79 Å². The van der Waals surface area contributed by atoms with Crippen molar-refractivity contribution in [3.8, 4) is 11.3 Å². The van der Waals surface area contributed by atoms with Crippen LogP contribution in [0.1, 0.15) is 42.4 Å². The minimum absolute atomic E-state index is 0.221. The summed E-state index contributed by atoms with van der Waals surface area (Å²) < 4.78 is 5.16. The lowest BCUT2D eigenvalue weighted by Gasteiger charge is -2.31. The topological polar surface area (TPSA) is 56.6 Å². The largest absolute Gasteiger partial charge is 0.450 e. The second-order valence-corrected chi connectivity index (χ2v) is 7.92. The van der Waals surface area contributed by atoms with Crippen LogP contribution >= 0.6 is 0 Å². The molecule has 1 aliphatic heterocycles. The molecular formula is C25H29N3O3. The molecule has 0 aliphatic carbocycles. The third-order valence-electron chi connectivity index (χ3n) is 5.68. The van der Waals surface area contributed by atoms with E-state index in [1.165, 1.54) is 11.1 Å². The number of hydrogen-bond donors (Lipinski definition) is 0. The third-order valence-corrected chi connectivity index (χ3v) is 5.68. The van der Waals surface area contributed by atoms with Gasteiger partial charge >= 0.3 is 6.09 Å². The van der Waals surface area contributed by atoms with Crippen LogP contribution in [0.25, 0.3) is 11.3 Å². The maximum absolute atomic E-state index is 12.1. The molecule has 0 radical (unpaired) electrons. The molecule has 162 valence electrons. The summed E-state index contributed by atoms with van der Waals surface area (Å²) in [7, 11) is 0. The van der Waals surface area contributed by atoms with Crippen molar-refractivity contribution in [2.75, 3.05) is 19.7 Å². The van der Waals surface area contributed by atoms with Crippen molar-refractivity contribution in [2.45, 2.75) is 39.2 Å². The van der Waals surface area contributed by atoms with Crippen LogP contribution in [0.4, 0.5) is 4.79 Å². The molecule has 31 heavy (non-hydrogen) atoms. The first kappa shape index (κ1) is 21.0. The standard InChI is InChI=1S/C25H29N3O3/c1-3-30-25(29)27-14-12-21(13-15-27)23-17-28(31-18-20-9-5-4-6-10-20)26-24(23)22-11-7-8-19(2)16-22/h4-11,16-17,21H,3,12-15,18H2,1-2H3. The van der Waals surface area contributed by atoms with Crippen LogP contribution in [0.5, 0.6) is 0 Å². The highest BCUT2D eigenvalue weighted by atomic mass is 16.7. The van der Waals surface area contributed by atoms with E-state index in [1.54, 1.807) is 9.75 Å². The van der Waals surface area contributed by atoms with Gasteiger partial charge in [0.2, 0.25) is 0 Å². The Hall–Kier alpha value is -3.28. The zero-order valence-corrected chi connectivity index (χ0v) is 18.2. The maximum Gasteiger partial charge on any atom is 0.409 e. The SMILES string of the molecule is CCOC(=O)N1CCC(c2cn(OCc3ccccc3)nc2-c2cccc(C)c2)CC1. The lowest BCUT2D eigenvalue weighted by atomic mass is 9.88. The van der Waals surface area contributed by atoms with Crippen molar-refractivity contribution >= 4 is 6.09 Å². The highest BCUT2D eigenvalue weighted by Gasteiger charge is 2.28. The Kier molecular flexibility index (Phi) is 6.55. The molecule has 1 fully saturated rings. The minimum Gasteiger partial charge on any atom is -0.450 e. The Balaban J connectivity index is 1.55. The monoisotopic (exact) mass is 419 g/mol. The summed E-state index contributed by atoms with van der Waals surface area (Å²) in [6, 6.07) is 18.5. The van der Waals surface area contributed by atoms with E-state index in [4.69, 9.17) is 14.7 Å². The van der Waals surface area contributed by atoms with Gasteiger partial charge in [0.25, 0.3) is 0 Å². The molecule has 2 aromatic carbocycles. The molecule has 0 saturated carbocycles. The average molecular weight is 420 g/mol. The van der Waals surface area contributed by atoms with Crippen molar-refractivity contribution < 1.29 is 14.4 Å². The van der Waals surface area contributed by atoms with E-state index in [2.05, 4.69) is 31.2 Å². The number of piperidine rings is 1. The predicted molar refractivity (Wildman–Crippen MR) is 120 cm³/mol. The molecule has 1 aliphatic rings. The van der Waals surface area contributed by atoms with Gasteiger partial charge in [-0.25, -0.2) is 4.79 Å². The average Bonchev–Trinajstić information content (AvgIpc) is 3.23. The smallest absolute Gasteiger partial charge is 0.409 e. The molecule has 1 amide bonds. The van der Waals surface area contributed by atoms with E-state index >= 15 is 0 Å². The van der Waals surface area contributed by atoms with Gasteiger partial charge < -0.3 is 14.5 Å². The fourth-order valence-corrected chi connectivity index (χ4v) is 4.05. The van der Waals surface area contributed by atoms with Gasteiger partial charge in [-0.1, -0.05) is 54.1 Å². The van der Waals surface area contributed by atoms with Gasteiger partial charge in [0.05, 0.1) is 18.5 Å². The predicted octanol–water partition coefficient (Wildman–Crippen LogP) is 4.82. The summed E-state index contributed by atoms with van der Waals surface area (Å²) in [5, 5.41) is 4.78. The molecular weight excluding hydrogens is 390 g/mol. The Labute approximate surface area is 183 Å². The van der Waals surface area contributed by atoms with Crippen molar-refractivity contribution in [3.63, 3.8) is 0 Å². The quantitative estimate of drug-likeness (QED) is 0.575. The minimum atomic E-state index is -0.221. The van der Waals surface area contributed by atoms with Gasteiger partial charge in [0.15, 0.2) is 0 Å². The van der Waals surface area contributed by atoms with Crippen LogP contribution in [0.15, 0.2) is 60.8 Å². The second-order valence-electron chi connectivity index (χ2n) is 7.92. The second kappa shape index (κ2) is 9.69. The molecule has 4 rings (SSSR count). The summed E-state index contributed by atoms with van der Waals surface area (Å²) in [5.41, 5.74) is 5.50. The third kappa shape index (κ3) is 5.08. The molecule has 0 N–H and O–H groups in total. The molecule has 3 aromatic rings. The molecule has 0 atom stereocenters. The van der Waals surface area contributed by atoms with Gasteiger partial charge in [0.1, 0.15) is 6.61 Å². The zero-order valence-electron chi connectivity index (χ0n) is 18.2. The number of amides is 1. The Morgan fingerprint density at radius 1 is 1.10 bits per heavy atom. The van der Waals surface area contributed by atoms with Crippen molar-refractivity contribution in [1.29, 1.82) is 0 Å². The normalized spacial score (nSPS) is 14.5. The van der Waals surface area contributed by atoms with Crippen LogP contribution in [0, 0.1) is 6.92 Å². The highest BCUT2D eigenvalue weighted by Crippen LogP contribution is 2.35. The first-order valence-corrected chi connectivity index (χ1v) is 10.9. The number of ether oxygens (including phenoxy) is 1. The number of likely N-dealkylation sites (tertiary alicyclic amines) is 1. The Morgan fingerprint density at radius 3 is 2.58 bits per heavy atom. The van der Waals surface area contributed by atoms with E-state index < -0.39 is 0 Å². The number of aryl methyl sites for hydroxylation is 1. The van der Waals surface area contributed by atoms with Crippen LogP contribution < -0.4 is 4.84 Å². The number of benzene rings is 2. The number of nitrogens with zero attached hydrogens (tertiary/aromatic N) is 3. The highest BCUT2D eigenvalue weighted by molar-refractivity contribution is 5.68. The number of hydrogen-bond acceptors (Lipinski definition) is 4. The summed E-state index contributed by atoms with van der Waals surface area (Å²) in [6.07, 6.45) is 3.54. The zero-order chi connectivity index (χ0) is 21.6. The molecule has 0 bridgehead atoms. The number of carbonyl (C=O) groups is 1. The maximum atomic E-state index is 12.1. The summed E-state index contributed by atoms with van der Waals surface area (Å²) >= 11 is 0. The van der Waals surface area contributed by atoms with Crippen LogP contribution in [-0.2, 0) is 11.3 Å². The van der Waals surface area contributed by atoms with Gasteiger partial charge in [-0.3, -0.25) is 0 Å². The fourth-order valence-electron chi connectivity index (χ4n) is 4.05. The molecule has 6 heteroatoms. The lowest BCUT2D eigenvalue weighted by molar-refractivity contribution is 0.0700. The van der Waals surface area contributed by atoms with Crippen LogP contribution in [0.3, 0.4) is 0 Å². The first-order chi connectivity index (χ1) is 15.1. The summed E-state index contributed by atoms with van der Waals surface area (Å²) in [5.74, 6) is 0.315. The van der Waals surface area contributed by atoms with Gasteiger partial charge in [-0.05, 0) is 44.2 Å². The molecule has 1 saturated heterocycles. The summed E-state index contributed by atoms with van der Waals surface area (Å²) in [6.45, 7) is 6.16. The Morgan fingerprint density at radius 2 is 1.87 bits per heavy atom. The fraction of sp³-hybridized carbons (Fsp3) is 0.360. The Bertz CT molecular complexity index is 1010. The van der Waals surface area contributed by atoms with Crippen LogP contribution in [0.2, 0.25) is 0 Å². The van der Waals surface area contributed by atoms with Crippen LogP contribution in [-0.4, -0.2) is 40.6 Å².